The second-order valence-corrected chi connectivity index (χ2v) is 12.2. The van der Waals surface area contributed by atoms with Crippen LogP contribution in [0.1, 0.15) is 5.56 Å². The predicted octanol–water partition coefficient (Wildman–Crippen LogP) is 11.3. The standard InChI is InChI=1S/C37H21NS2/c38-22-26-20-30(24-14-16-36-32(18-24)27-10-4-6-12-34(27)39-36)31(21-29(26)23-8-2-1-3-9-23)25-15-17-37-33(19-25)28-11-5-7-13-35(28)40-37/h1-21H. The smallest absolute Gasteiger partial charge is 0.0998 e. The van der Waals surface area contributed by atoms with Crippen LogP contribution in [0, 0.1) is 11.3 Å². The van der Waals surface area contributed by atoms with Crippen molar-refractivity contribution < 1.29 is 0 Å². The second kappa shape index (κ2) is 9.17. The first-order valence-electron chi connectivity index (χ1n) is 13.2. The maximum absolute atomic E-state index is 10.3. The Labute approximate surface area is 239 Å². The van der Waals surface area contributed by atoms with Crippen molar-refractivity contribution in [3.63, 3.8) is 0 Å². The maximum Gasteiger partial charge on any atom is 0.0998 e. The molecule has 0 saturated heterocycles. The highest BCUT2D eigenvalue weighted by molar-refractivity contribution is 7.26. The Morgan fingerprint density at radius 2 is 0.900 bits per heavy atom. The van der Waals surface area contributed by atoms with Gasteiger partial charge in [0.15, 0.2) is 0 Å². The number of rotatable bonds is 3. The summed E-state index contributed by atoms with van der Waals surface area (Å²) in [7, 11) is 0. The van der Waals surface area contributed by atoms with Gasteiger partial charge < -0.3 is 0 Å². The highest BCUT2D eigenvalue weighted by atomic mass is 32.1. The number of nitrogens with zero attached hydrogens (tertiary/aromatic N) is 1. The van der Waals surface area contributed by atoms with Gasteiger partial charge in [0.1, 0.15) is 0 Å². The minimum absolute atomic E-state index is 0.683. The lowest BCUT2D eigenvalue weighted by Gasteiger charge is -2.15. The molecule has 0 N–H and O–H groups in total. The van der Waals surface area contributed by atoms with E-state index in [0.29, 0.717) is 5.56 Å². The fraction of sp³-hybridized carbons (Fsp3) is 0. The normalized spacial score (nSPS) is 11.5. The van der Waals surface area contributed by atoms with E-state index in [4.69, 9.17) is 0 Å². The van der Waals surface area contributed by atoms with Crippen molar-refractivity contribution in [3.8, 4) is 39.4 Å². The van der Waals surface area contributed by atoms with E-state index in [-0.39, 0.29) is 0 Å². The van der Waals surface area contributed by atoms with Crippen LogP contribution in [-0.4, -0.2) is 0 Å². The van der Waals surface area contributed by atoms with E-state index in [1.165, 1.54) is 40.3 Å². The van der Waals surface area contributed by atoms with Crippen molar-refractivity contribution >= 4 is 63.0 Å². The molecule has 0 amide bonds. The van der Waals surface area contributed by atoms with Crippen LogP contribution in [0.25, 0.3) is 73.7 Å². The SMILES string of the molecule is N#Cc1cc(-c2ccc3sc4ccccc4c3c2)c(-c2ccc3sc4ccccc4c3c2)cc1-c1ccccc1. The number of nitriles is 1. The number of fused-ring (bicyclic) bond motifs is 6. The van der Waals surface area contributed by atoms with Gasteiger partial charge in [0, 0.05) is 45.9 Å². The van der Waals surface area contributed by atoms with Crippen LogP contribution >= 0.6 is 22.7 Å². The first kappa shape index (κ1) is 23.2. The van der Waals surface area contributed by atoms with E-state index in [9.17, 15) is 5.26 Å². The number of benzene rings is 6. The lowest BCUT2D eigenvalue weighted by Crippen LogP contribution is -1.92. The number of thiophene rings is 2. The number of hydrogen-bond donors (Lipinski definition) is 0. The molecule has 0 bridgehead atoms. The molecular weight excluding hydrogens is 523 g/mol. The van der Waals surface area contributed by atoms with Gasteiger partial charge in [-0.05, 0) is 76.3 Å². The molecule has 40 heavy (non-hydrogen) atoms. The quantitative estimate of drug-likeness (QED) is 0.217. The molecule has 0 aliphatic heterocycles. The molecule has 1 nitrogen and oxygen atoms in total. The van der Waals surface area contributed by atoms with E-state index in [2.05, 4.69) is 115 Å². The molecule has 0 saturated carbocycles. The van der Waals surface area contributed by atoms with Crippen LogP contribution in [0.2, 0.25) is 0 Å². The molecule has 0 aliphatic carbocycles. The molecule has 0 atom stereocenters. The van der Waals surface area contributed by atoms with Crippen LogP contribution in [0.4, 0.5) is 0 Å². The van der Waals surface area contributed by atoms with Gasteiger partial charge in [-0.25, -0.2) is 0 Å². The third kappa shape index (κ3) is 3.66. The Bertz CT molecular complexity index is 2280. The zero-order valence-corrected chi connectivity index (χ0v) is 23.0. The molecule has 8 rings (SSSR count). The fourth-order valence-corrected chi connectivity index (χ4v) is 7.99. The molecule has 0 spiro atoms. The van der Waals surface area contributed by atoms with Crippen LogP contribution in [0.15, 0.2) is 127 Å². The van der Waals surface area contributed by atoms with Crippen molar-refractivity contribution in [1.29, 1.82) is 5.26 Å². The largest absolute Gasteiger partial charge is 0.192 e. The molecule has 8 aromatic rings. The molecule has 2 heterocycles. The molecule has 0 aliphatic rings. The van der Waals surface area contributed by atoms with Gasteiger partial charge in [0.05, 0.1) is 11.6 Å². The molecule has 3 heteroatoms. The molecule has 6 aromatic carbocycles. The summed E-state index contributed by atoms with van der Waals surface area (Å²) in [5, 5.41) is 15.4. The molecule has 186 valence electrons. The summed E-state index contributed by atoms with van der Waals surface area (Å²) in [6.45, 7) is 0. The highest BCUT2D eigenvalue weighted by Crippen LogP contribution is 2.43. The van der Waals surface area contributed by atoms with Crippen molar-refractivity contribution in [2.45, 2.75) is 0 Å². The minimum atomic E-state index is 0.683. The monoisotopic (exact) mass is 543 g/mol. The predicted molar refractivity (Wildman–Crippen MR) is 173 cm³/mol. The van der Waals surface area contributed by atoms with Gasteiger partial charge in [-0.1, -0.05) is 78.9 Å². The fourth-order valence-electron chi connectivity index (χ4n) is 5.81. The van der Waals surface area contributed by atoms with E-state index in [1.54, 1.807) is 0 Å². The van der Waals surface area contributed by atoms with Crippen molar-refractivity contribution in [1.82, 2.24) is 0 Å². The van der Waals surface area contributed by atoms with Crippen LogP contribution in [0.5, 0.6) is 0 Å². The van der Waals surface area contributed by atoms with Crippen molar-refractivity contribution in [3.05, 3.63) is 133 Å². The summed E-state index contributed by atoms with van der Waals surface area (Å²) in [6, 6.07) is 47.8. The molecule has 0 radical (unpaired) electrons. The molecule has 2 aromatic heterocycles. The van der Waals surface area contributed by atoms with Crippen LogP contribution in [0.3, 0.4) is 0 Å². The Balaban J connectivity index is 1.43. The van der Waals surface area contributed by atoms with Crippen LogP contribution in [-0.2, 0) is 0 Å². The number of hydrogen-bond acceptors (Lipinski definition) is 3. The first-order chi connectivity index (χ1) is 19.8. The lowest BCUT2D eigenvalue weighted by molar-refractivity contribution is 1.47. The summed E-state index contributed by atoms with van der Waals surface area (Å²) in [5.41, 5.74) is 7.18. The molecule has 0 fully saturated rings. The average Bonchev–Trinajstić information content (AvgIpc) is 3.58. The average molecular weight is 544 g/mol. The summed E-state index contributed by atoms with van der Waals surface area (Å²) in [4.78, 5) is 0. The van der Waals surface area contributed by atoms with Crippen LogP contribution < -0.4 is 0 Å². The van der Waals surface area contributed by atoms with E-state index in [1.807, 2.05) is 40.9 Å². The third-order valence-electron chi connectivity index (χ3n) is 7.74. The zero-order valence-electron chi connectivity index (χ0n) is 21.4. The van der Waals surface area contributed by atoms with Crippen molar-refractivity contribution in [2.24, 2.45) is 0 Å². The highest BCUT2D eigenvalue weighted by Gasteiger charge is 2.17. The van der Waals surface area contributed by atoms with Gasteiger partial charge in [-0.2, -0.15) is 5.26 Å². The minimum Gasteiger partial charge on any atom is -0.192 e. The second-order valence-electron chi connectivity index (χ2n) is 10.0. The maximum atomic E-state index is 10.3. The van der Waals surface area contributed by atoms with E-state index >= 15 is 0 Å². The molecule has 0 unspecified atom stereocenters. The van der Waals surface area contributed by atoms with Gasteiger partial charge in [0.25, 0.3) is 0 Å². The van der Waals surface area contributed by atoms with Gasteiger partial charge >= 0.3 is 0 Å². The summed E-state index contributed by atoms with van der Waals surface area (Å²) < 4.78 is 5.16. The van der Waals surface area contributed by atoms with Gasteiger partial charge in [0.2, 0.25) is 0 Å². The Morgan fingerprint density at radius 3 is 1.48 bits per heavy atom. The van der Waals surface area contributed by atoms with Gasteiger partial charge in [-0.3, -0.25) is 0 Å². The molecular formula is C37H21NS2. The Kier molecular flexibility index (Phi) is 5.31. The summed E-state index contributed by atoms with van der Waals surface area (Å²) >= 11 is 3.66. The van der Waals surface area contributed by atoms with Gasteiger partial charge in [-0.15, -0.1) is 22.7 Å². The zero-order chi connectivity index (χ0) is 26.6. The first-order valence-corrected chi connectivity index (χ1v) is 14.9. The summed E-state index contributed by atoms with van der Waals surface area (Å²) in [5.74, 6) is 0. The van der Waals surface area contributed by atoms with Crippen molar-refractivity contribution in [2.75, 3.05) is 0 Å². The Hall–Kier alpha value is -4.75. The van der Waals surface area contributed by atoms with E-state index in [0.717, 1.165) is 33.4 Å². The summed E-state index contributed by atoms with van der Waals surface area (Å²) in [6.07, 6.45) is 0. The lowest BCUT2D eigenvalue weighted by atomic mass is 9.87. The topological polar surface area (TPSA) is 23.8 Å². The Morgan fingerprint density at radius 1 is 0.400 bits per heavy atom. The van der Waals surface area contributed by atoms with E-state index < -0.39 is 0 Å². The third-order valence-corrected chi connectivity index (χ3v) is 10.0.